The molecule has 9 nitrogen and oxygen atoms in total. The number of para-hydroxylation sites is 1. The molecular formula is C19H22N6O3. The number of hydrogen-bond acceptors (Lipinski definition) is 5. The van der Waals surface area contributed by atoms with Crippen molar-refractivity contribution in [2.24, 2.45) is 5.92 Å². The Hall–Kier alpha value is -3.23. The summed E-state index contributed by atoms with van der Waals surface area (Å²) < 4.78 is 3.28. The molecule has 4 rings (SSSR count). The maximum atomic E-state index is 12.7. The lowest BCUT2D eigenvalue weighted by atomic mass is 10.0. The van der Waals surface area contributed by atoms with Gasteiger partial charge in [-0.05, 0) is 31.4 Å². The number of amides is 3. The molecule has 1 unspecified atom stereocenters. The molecule has 1 fully saturated rings. The summed E-state index contributed by atoms with van der Waals surface area (Å²) in [4.78, 5) is 38.9. The van der Waals surface area contributed by atoms with E-state index in [1.165, 1.54) is 9.47 Å². The van der Waals surface area contributed by atoms with E-state index in [-0.39, 0.29) is 23.9 Å². The van der Waals surface area contributed by atoms with Crippen LogP contribution in [-0.2, 0) is 17.9 Å². The third kappa shape index (κ3) is 2.74. The van der Waals surface area contributed by atoms with Crippen LogP contribution in [0.2, 0.25) is 0 Å². The normalized spacial score (nSPS) is 17.3. The Morgan fingerprint density at radius 2 is 1.89 bits per heavy atom. The second-order valence-electron chi connectivity index (χ2n) is 7.37. The number of carbonyl (C=O) groups is 2. The first-order chi connectivity index (χ1) is 13.4. The van der Waals surface area contributed by atoms with Gasteiger partial charge in [0.05, 0.1) is 17.4 Å². The van der Waals surface area contributed by atoms with Gasteiger partial charge in [-0.3, -0.25) is 23.5 Å². The van der Waals surface area contributed by atoms with E-state index in [4.69, 9.17) is 0 Å². The second kappa shape index (κ2) is 6.74. The average molecular weight is 382 g/mol. The summed E-state index contributed by atoms with van der Waals surface area (Å²) in [5.41, 5.74) is 0.509. The van der Waals surface area contributed by atoms with Gasteiger partial charge >= 0.3 is 6.03 Å². The Bertz CT molecular complexity index is 1150. The number of benzene rings is 1. The molecule has 0 spiro atoms. The molecule has 0 radical (unpaired) electrons. The number of carbonyl (C=O) groups excluding carboxylic acids is 2. The molecule has 0 saturated carbocycles. The molecule has 0 aliphatic carbocycles. The number of imide groups is 1. The highest BCUT2D eigenvalue weighted by Gasteiger charge is 2.38. The van der Waals surface area contributed by atoms with Crippen LogP contribution in [0.15, 0.2) is 29.1 Å². The maximum absolute atomic E-state index is 12.7. The third-order valence-corrected chi connectivity index (χ3v) is 5.00. The molecule has 0 bridgehead atoms. The number of urea groups is 1. The van der Waals surface area contributed by atoms with Crippen LogP contribution in [0.25, 0.3) is 16.7 Å². The molecule has 1 atom stereocenters. The van der Waals surface area contributed by atoms with E-state index < -0.39 is 12.1 Å². The van der Waals surface area contributed by atoms with Crippen molar-refractivity contribution in [2.45, 2.75) is 46.3 Å². The number of nitrogens with one attached hydrogen (secondary N) is 1. The van der Waals surface area contributed by atoms with E-state index in [1.54, 1.807) is 16.5 Å². The average Bonchev–Trinajstić information content (AvgIpc) is 3.19. The SMILES string of the molecule is CCn1c(=O)c2ccccc2n2c(CN3C(=O)NC(CC(C)C)C3=O)nnc12. The molecular weight excluding hydrogens is 360 g/mol. The van der Waals surface area contributed by atoms with Crippen molar-refractivity contribution < 1.29 is 9.59 Å². The monoisotopic (exact) mass is 382 g/mol. The van der Waals surface area contributed by atoms with Gasteiger partial charge in [0.15, 0.2) is 5.82 Å². The number of rotatable bonds is 5. The summed E-state index contributed by atoms with van der Waals surface area (Å²) in [7, 11) is 0. The fourth-order valence-electron chi connectivity index (χ4n) is 3.70. The highest BCUT2D eigenvalue weighted by Crippen LogP contribution is 2.19. The predicted octanol–water partition coefficient (Wildman–Crippen LogP) is 1.53. The summed E-state index contributed by atoms with van der Waals surface area (Å²) in [5, 5.41) is 11.6. The first-order valence-electron chi connectivity index (χ1n) is 9.39. The maximum Gasteiger partial charge on any atom is 0.325 e. The van der Waals surface area contributed by atoms with Crippen LogP contribution >= 0.6 is 0 Å². The standard InChI is InChI=1S/C19H22N6O3/c1-4-23-16(26)12-7-5-6-8-14(12)25-15(21-22-18(23)25)10-24-17(27)13(9-11(2)3)20-19(24)28/h5-8,11,13H,4,9-10H2,1-3H3,(H,20,28). The van der Waals surface area contributed by atoms with Crippen molar-refractivity contribution in [1.29, 1.82) is 0 Å². The number of fused-ring (bicyclic) bond motifs is 3. The van der Waals surface area contributed by atoms with Crippen LogP contribution in [0, 0.1) is 5.92 Å². The fourth-order valence-corrected chi connectivity index (χ4v) is 3.70. The smallest absolute Gasteiger partial charge is 0.325 e. The van der Waals surface area contributed by atoms with Crippen molar-refractivity contribution in [3.05, 3.63) is 40.4 Å². The van der Waals surface area contributed by atoms with Crippen molar-refractivity contribution in [2.75, 3.05) is 0 Å². The molecule has 1 aliphatic rings. The highest BCUT2D eigenvalue weighted by atomic mass is 16.2. The lowest BCUT2D eigenvalue weighted by Gasteiger charge is -2.14. The van der Waals surface area contributed by atoms with Crippen LogP contribution < -0.4 is 10.9 Å². The Kier molecular flexibility index (Phi) is 4.37. The van der Waals surface area contributed by atoms with Gasteiger partial charge in [0, 0.05) is 6.54 Å². The molecule has 1 aromatic carbocycles. The molecule has 146 valence electrons. The Balaban J connectivity index is 1.81. The molecule has 3 aromatic rings. The van der Waals surface area contributed by atoms with Gasteiger partial charge in [-0.2, -0.15) is 0 Å². The van der Waals surface area contributed by atoms with E-state index >= 15 is 0 Å². The molecule has 1 saturated heterocycles. The van der Waals surface area contributed by atoms with E-state index in [2.05, 4.69) is 15.5 Å². The summed E-state index contributed by atoms with van der Waals surface area (Å²) >= 11 is 0. The fraction of sp³-hybridized carbons (Fsp3) is 0.421. The van der Waals surface area contributed by atoms with Crippen molar-refractivity contribution in [3.8, 4) is 0 Å². The van der Waals surface area contributed by atoms with Crippen molar-refractivity contribution in [1.82, 2.24) is 29.4 Å². The topological polar surface area (TPSA) is 102 Å². The number of aromatic nitrogens is 4. The second-order valence-corrected chi connectivity index (χ2v) is 7.37. The van der Waals surface area contributed by atoms with E-state index in [0.29, 0.717) is 35.5 Å². The van der Waals surface area contributed by atoms with Crippen LogP contribution in [0.4, 0.5) is 4.79 Å². The minimum atomic E-state index is -0.516. The zero-order valence-corrected chi connectivity index (χ0v) is 16.0. The molecule has 9 heteroatoms. The molecule has 1 aliphatic heterocycles. The molecule has 2 aromatic heterocycles. The summed E-state index contributed by atoms with van der Waals surface area (Å²) in [5.74, 6) is 0.851. The van der Waals surface area contributed by atoms with Crippen LogP contribution in [0.1, 0.15) is 33.0 Å². The first kappa shape index (κ1) is 18.1. The van der Waals surface area contributed by atoms with Gasteiger partial charge in [0.1, 0.15) is 6.04 Å². The van der Waals surface area contributed by atoms with Crippen molar-refractivity contribution >= 4 is 28.6 Å². The van der Waals surface area contributed by atoms with Crippen LogP contribution in [0.5, 0.6) is 0 Å². The summed E-state index contributed by atoms with van der Waals surface area (Å²) in [6, 6.07) is 6.24. The Morgan fingerprint density at radius 1 is 1.14 bits per heavy atom. The summed E-state index contributed by atoms with van der Waals surface area (Å²) in [6.45, 7) is 6.30. The van der Waals surface area contributed by atoms with E-state index in [1.807, 2.05) is 32.9 Å². The van der Waals surface area contributed by atoms with Gasteiger partial charge in [0.25, 0.3) is 11.5 Å². The number of nitrogens with zero attached hydrogens (tertiary/aromatic N) is 5. The lowest BCUT2D eigenvalue weighted by molar-refractivity contribution is -0.128. The zero-order chi connectivity index (χ0) is 20.0. The van der Waals surface area contributed by atoms with E-state index in [0.717, 1.165) is 0 Å². The van der Waals surface area contributed by atoms with Gasteiger partial charge in [0.2, 0.25) is 5.78 Å². The molecule has 28 heavy (non-hydrogen) atoms. The van der Waals surface area contributed by atoms with Crippen LogP contribution in [0.3, 0.4) is 0 Å². The van der Waals surface area contributed by atoms with E-state index in [9.17, 15) is 14.4 Å². The minimum absolute atomic E-state index is 0.00760. The van der Waals surface area contributed by atoms with Gasteiger partial charge in [-0.15, -0.1) is 10.2 Å². The number of aryl methyl sites for hydroxylation is 1. The predicted molar refractivity (Wildman–Crippen MR) is 103 cm³/mol. The van der Waals surface area contributed by atoms with Crippen molar-refractivity contribution in [3.63, 3.8) is 0 Å². The van der Waals surface area contributed by atoms with Gasteiger partial charge in [-0.25, -0.2) is 4.79 Å². The summed E-state index contributed by atoms with van der Waals surface area (Å²) in [6.07, 6.45) is 0.583. The Labute approximate surface area is 161 Å². The number of hydrogen-bond donors (Lipinski definition) is 1. The van der Waals surface area contributed by atoms with Gasteiger partial charge in [-0.1, -0.05) is 26.0 Å². The molecule has 1 N–H and O–H groups in total. The molecule has 3 amide bonds. The van der Waals surface area contributed by atoms with Gasteiger partial charge < -0.3 is 5.32 Å². The zero-order valence-electron chi connectivity index (χ0n) is 16.0. The quantitative estimate of drug-likeness (QED) is 0.675. The largest absolute Gasteiger partial charge is 0.326 e. The third-order valence-electron chi connectivity index (χ3n) is 5.00. The van der Waals surface area contributed by atoms with Crippen LogP contribution in [-0.4, -0.2) is 42.0 Å². The molecule has 3 heterocycles. The first-order valence-corrected chi connectivity index (χ1v) is 9.39. The minimum Gasteiger partial charge on any atom is -0.326 e. The lowest BCUT2D eigenvalue weighted by Crippen LogP contribution is -2.32. The Morgan fingerprint density at radius 3 is 2.61 bits per heavy atom. The highest BCUT2D eigenvalue weighted by molar-refractivity contribution is 6.04.